The summed E-state index contributed by atoms with van der Waals surface area (Å²) >= 11 is 0. The number of methoxy groups -OCH3 is 1. The van der Waals surface area contributed by atoms with Gasteiger partial charge in [-0.25, -0.2) is 4.79 Å². The lowest BCUT2D eigenvalue weighted by molar-refractivity contribution is -0.199. The highest BCUT2D eigenvalue weighted by molar-refractivity contribution is 6.48. The molecule has 6 atom stereocenters. The van der Waals surface area contributed by atoms with Crippen molar-refractivity contribution in [3.05, 3.63) is 35.9 Å². The molecule has 210 valence electrons. The van der Waals surface area contributed by atoms with Crippen molar-refractivity contribution in [3.63, 3.8) is 0 Å². The maximum Gasteiger partial charge on any atom is 0.484 e. The number of carbonyl (C=O) groups is 2. The van der Waals surface area contributed by atoms with E-state index in [1.807, 2.05) is 30.3 Å². The topological polar surface area (TPSA) is 104 Å². The molecule has 3 aliphatic carbocycles. The van der Waals surface area contributed by atoms with Gasteiger partial charge in [-0.2, -0.15) is 0 Å². The van der Waals surface area contributed by atoms with E-state index in [1.54, 1.807) is 20.8 Å². The van der Waals surface area contributed by atoms with Crippen LogP contribution in [-0.4, -0.2) is 68.7 Å². The molecule has 0 aromatic heterocycles. The number of alkyl carbamates (subject to hydrolysis) is 1. The Balaban J connectivity index is 1.46. The maximum atomic E-state index is 13.4. The number of amides is 2. The van der Waals surface area contributed by atoms with E-state index < -0.39 is 42.3 Å². The summed E-state index contributed by atoms with van der Waals surface area (Å²) in [5.74, 6) is -0.0172. The molecule has 4 aliphatic rings. The number of rotatable bonds is 10. The van der Waals surface area contributed by atoms with E-state index in [-0.39, 0.29) is 24.7 Å². The van der Waals surface area contributed by atoms with E-state index >= 15 is 0 Å². The van der Waals surface area contributed by atoms with Gasteiger partial charge in [-0.05, 0) is 63.4 Å². The van der Waals surface area contributed by atoms with Crippen molar-refractivity contribution in [2.24, 2.45) is 17.3 Å². The monoisotopic (exact) mass is 530 g/mol. The van der Waals surface area contributed by atoms with Gasteiger partial charge in [0, 0.05) is 7.11 Å². The van der Waals surface area contributed by atoms with Crippen LogP contribution in [0.3, 0.4) is 0 Å². The average molecular weight is 530 g/mol. The predicted molar refractivity (Wildman–Crippen MR) is 143 cm³/mol. The van der Waals surface area contributed by atoms with Gasteiger partial charge in [0.15, 0.2) is 0 Å². The maximum absolute atomic E-state index is 13.4. The van der Waals surface area contributed by atoms with Crippen LogP contribution >= 0.6 is 0 Å². The Morgan fingerprint density at radius 2 is 1.82 bits per heavy atom. The first-order valence-electron chi connectivity index (χ1n) is 13.6. The van der Waals surface area contributed by atoms with Gasteiger partial charge in [0.05, 0.1) is 37.5 Å². The number of benzene rings is 1. The van der Waals surface area contributed by atoms with E-state index in [2.05, 4.69) is 31.4 Å². The summed E-state index contributed by atoms with van der Waals surface area (Å²) in [4.78, 5) is 25.8. The molecule has 1 aliphatic heterocycles. The summed E-state index contributed by atoms with van der Waals surface area (Å²) < 4.78 is 29.7. The lowest BCUT2D eigenvalue weighted by Gasteiger charge is -2.64. The van der Waals surface area contributed by atoms with Crippen LogP contribution in [0.5, 0.6) is 0 Å². The molecular formula is C28H43BN2O7. The van der Waals surface area contributed by atoms with Crippen molar-refractivity contribution in [2.75, 3.05) is 20.3 Å². The van der Waals surface area contributed by atoms with Crippen molar-refractivity contribution in [2.45, 2.75) is 90.3 Å². The second kappa shape index (κ2) is 11.2. The van der Waals surface area contributed by atoms with E-state index in [1.165, 1.54) is 7.11 Å². The van der Waals surface area contributed by atoms with Gasteiger partial charge in [0.1, 0.15) is 11.6 Å². The molecular weight excluding hydrogens is 487 g/mol. The van der Waals surface area contributed by atoms with Gasteiger partial charge in [-0.3, -0.25) is 4.79 Å². The average Bonchev–Trinajstić information content (AvgIpc) is 3.19. The van der Waals surface area contributed by atoms with Crippen molar-refractivity contribution < 1.29 is 33.1 Å². The van der Waals surface area contributed by atoms with Crippen LogP contribution in [-0.2, 0) is 34.9 Å². The zero-order valence-electron chi connectivity index (χ0n) is 23.7. The Labute approximate surface area is 226 Å². The minimum atomic E-state index is -0.961. The summed E-state index contributed by atoms with van der Waals surface area (Å²) in [5.41, 5.74) is 0.106. The van der Waals surface area contributed by atoms with Gasteiger partial charge >= 0.3 is 13.2 Å². The standard InChI is InChI=1S/C28H43BN2O7/c1-26(2,3)36-25(33)30-20(16-34-7)24(32)31-23(17-35-15-18-11-9-8-10-12-18)29-37-22-14-19-13-21(27(19,4)5)28(22,6)38-29/h8-12,19-23H,13-17H2,1-7H3,(H,30,33)(H,31,32)/t19-,20+,21-,22+,23-,28-/m0/s1. The number of ether oxygens (including phenoxy) is 3. The van der Waals surface area contributed by atoms with Gasteiger partial charge in [0.25, 0.3) is 0 Å². The molecule has 0 spiro atoms. The Morgan fingerprint density at radius 1 is 1.11 bits per heavy atom. The fraction of sp³-hybridized carbons (Fsp3) is 0.714. The molecule has 0 unspecified atom stereocenters. The van der Waals surface area contributed by atoms with Crippen molar-refractivity contribution >= 4 is 19.1 Å². The normalized spacial score (nSPS) is 29.0. The van der Waals surface area contributed by atoms with Crippen LogP contribution in [0.15, 0.2) is 30.3 Å². The highest BCUT2D eigenvalue weighted by Crippen LogP contribution is 2.65. The van der Waals surface area contributed by atoms with E-state index in [0.717, 1.165) is 18.4 Å². The van der Waals surface area contributed by atoms with E-state index in [0.29, 0.717) is 18.4 Å². The lowest BCUT2D eigenvalue weighted by Crippen LogP contribution is -2.65. The van der Waals surface area contributed by atoms with Crippen LogP contribution in [0.1, 0.15) is 59.9 Å². The first-order chi connectivity index (χ1) is 17.8. The third-order valence-electron chi connectivity index (χ3n) is 8.37. The minimum Gasteiger partial charge on any atom is -0.444 e. The minimum absolute atomic E-state index is 0.0205. The summed E-state index contributed by atoms with van der Waals surface area (Å²) in [7, 11) is 0.796. The van der Waals surface area contributed by atoms with Crippen molar-refractivity contribution in [1.29, 1.82) is 0 Å². The largest absolute Gasteiger partial charge is 0.484 e. The smallest absolute Gasteiger partial charge is 0.444 e. The summed E-state index contributed by atoms with van der Waals surface area (Å²) in [6.07, 6.45) is 1.34. The van der Waals surface area contributed by atoms with Crippen LogP contribution in [0, 0.1) is 17.3 Å². The van der Waals surface area contributed by atoms with Crippen LogP contribution < -0.4 is 10.6 Å². The molecule has 1 aromatic rings. The molecule has 2 N–H and O–H groups in total. The Kier molecular flexibility index (Phi) is 8.47. The zero-order chi connectivity index (χ0) is 27.7. The van der Waals surface area contributed by atoms with Crippen molar-refractivity contribution in [1.82, 2.24) is 10.6 Å². The van der Waals surface area contributed by atoms with Crippen LogP contribution in [0.25, 0.3) is 0 Å². The Morgan fingerprint density at radius 3 is 2.45 bits per heavy atom. The second-order valence-electron chi connectivity index (χ2n) is 12.6. The number of hydrogen-bond acceptors (Lipinski definition) is 7. The fourth-order valence-corrected chi connectivity index (χ4v) is 6.22. The highest BCUT2D eigenvalue weighted by Gasteiger charge is 2.68. The molecule has 3 saturated carbocycles. The summed E-state index contributed by atoms with van der Waals surface area (Å²) in [6.45, 7) is 12.6. The third kappa shape index (κ3) is 6.19. The van der Waals surface area contributed by atoms with Crippen molar-refractivity contribution in [3.8, 4) is 0 Å². The number of nitrogens with one attached hydrogen (secondary N) is 2. The molecule has 1 heterocycles. The van der Waals surface area contributed by atoms with Crippen LogP contribution in [0.4, 0.5) is 4.79 Å². The lowest BCUT2D eigenvalue weighted by atomic mass is 9.43. The first-order valence-corrected chi connectivity index (χ1v) is 13.6. The zero-order valence-corrected chi connectivity index (χ0v) is 23.7. The predicted octanol–water partition coefficient (Wildman–Crippen LogP) is 3.50. The Bertz CT molecular complexity index is 985. The fourth-order valence-electron chi connectivity index (χ4n) is 6.22. The molecule has 4 fully saturated rings. The molecule has 2 bridgehead atoms. The van der Waals surface area contributed by atoms with Gasteiger partial charge in [0.2, 0.25) is 5.91 Å². The Hall–Kier alpha value is -2.14. The van der Waals surface area contributed by atoms with Gasteiger partial charge in [-0.1, -0.05) is 44.2 Å². The summed E-state index contributed by atoms with van der Waals surface area (Å²) in [6, 6.07) is 8.88. The second-order valence-corrected chi connectivity index (χ2v) is 12.6. The molecule has 2 amide bonds. The molecule has 5 rings (SSSR count). The van der Waals surface area contributed by atoms with Gasteiger partial charge in [-0.15, -0.1) is 0 Å². The molecule has 10 heteroatoms. The molecule has 38 heavy (non-hydrogen) atoms. The van der Waals surface area contributed by atoms with E-state index in [4.69, 9.17) is 23.5 Å². The third-order valence-corrected chi connectivity index (χ3v) is 8.37. The number of carbonyl (C=O) groups excluding carboxylic acids is 2. The molecule has 0 radical (unpaired) electrons. The summed E-state index contributed by atoms with van der Waals surface area (Å²) in [5, 5.41) is 5.62. The SMILES string of the molecule is COC[C@@H](NC(=O)OC(C)(C)C)C(=O)N[C@@H](COCc1ccccc1)B1O[C@@H]2C[C@@H]3C[C@@H](C3(C)C)[C@]2(C)O1. The van der Waals surface area contributed by atoms with Crippen LogP contribution in [0.2, 0.25) is 0 Å². The quantitative estimate of drug-likeness (QED) is 0.447. The number of hydrogen-bond donors (Lipinski definition) is 2. The van der Waals surface area contributed by atoms with Gasteiger partial charge < -0.3 is 34.2 Å². The molecule has 1 aromatic carbocycles. The highest BCUT2D eigenvalue weighted by atomic mass is 16.7. The molecule has 1 saturated heterocycles. The first kappa shape index (κ1) is 28.9. The molecule has 9 nitrogen and oxygen atoms in total. The van der Waals surface area contributed by atoms with E-state index in [9.17, 15) is 9.59 Å².